The molecule has 1 atom stereocenters. The number of carbonyl (C=O) groups excluding carboxylic acids is 1. The standard InChI is InChI=1S/C15H18N4O/c1-11(16)13-2-4-14(5-3-13)19-15(20)18-10-12-6-8-17-9-7-12/h2-9,11H,10,16H2,1H3,(H2,18,19,20). The molecule has 5 heteroatoms. The molecule has 0 aliphatic carbocycles. The Morgan fingerprint density at radius 3 is 2.45 bits per heavy atom. The maximum atomic E-state index is 11.7. The van der Waals surface area contributed by atoms with Crippen molar-refractivity contribution in [3.63, 3.8) is 0 Å². The molecule has 0 fully saturated rings. The van der Waals surface area contributed by atoms with E-state index in [1.807, 2.05) is 43.3 Å². The van der Waals surface area contributed by atoms with Gasteiger partial charge in [-0.1, -0.05) is 12.1 Å². The first-order chi connectivity index (χ1) is 9.65. The van der Waals surface area contributed by atoms with Gasteiger partial charge in [0.25, 0.3) is 0 Å². The van der Waals surface area contributed by atoms with Crippen molar-refractivity contribution in [1.29, 1.82) is 0 Å². The van der Waals surface area contributed by atoms with E-state index in [9.17, 15) is 4.79 Å². The van der Waals surface area contributed by atoms with Gasteiger partial charge in [0.15, 0.2) is 0 Å². The summed E-state index contributed by atoms with van der Waals surface area (Å²) in [6.07, 6.45) is 3.39. The van der Waals surface area contributed by atoms with Gasteiger partial charge in [0.1, 0.15) is 0 Å². The summed E-state index contributed by atoms with van der Waals surface area (Å²) in [7, 11) is 0. The van der Waals surface area contributed by atoms with E-state index in [2.05, 4.69) is 15.6 Å². The zero-order valence-electron chi connectivity index (χ0n) is 11.3. The van der Waals surface area contributed by atoms with Gasteiger partial charge in [0, 0.05) is 30.7 Å². The highest BCUT2D eigenvalue weighted by molar-refractivity contribution is 5.89. The molecule has 2 amide bonds. The summed E-state index contributed by atoms with van der Waals surface area (Å²) in [6, 6.07) is 11.0. The highest BCUT2D eigenvalue weighted by Crippen LogP contribution is 2.13. The van der Waals surface area contributed by atoms with Gasteiger partial charge in [-0.15, -0.1) is 0 Å². The summed E-state index contributed by atoms with van der Waals surface area (Å²) in [5.74, 6) is 0. The smallest absolute Gasteiger partial charge is 0.319 e. The topological polar surface area (TPSA) is 80.0 Å². The predicted molar refractivity (Wildman–Crippen MR) is 79.1 cm³/mol. The van der Waals surface area contributed by atoms with Crippen LogP contribution < -0.4 is 16.4 Å². The van der Waals surface area contributed by atoms with E-state index in [0.717, 1.165) is 16.8 Å². The number of hydrogen-bond donors (Lipinski definition) is 3. The average molecular weight is 270 g/mol. The molecule has 0 saturated heterocycles. The summed E-state index contributed by atoms with van der Waals surface area (Å²) in [4.78, 5) is 15.7. The van der Waals surface area contributed by atoms with Gasteiger partial charge in [-0.25, -0.2) is 4.79 Å². The number of rotatable bonds is 4. The first-order valence-electron chi connectivity index (χ1n) is 6.44. The number of carbonyl (C=O) groups is 1. The molecule has 0 spiro atoms. The summed E-state index contributed by atoms with van der Waals surface area (Å²) >= 11 is 0. The van der Waals surface area contributed by atoms with Crippen molar-refractivity contribution in [3.8, 4) is 0 Å². The van der Waals surface area contributed by atoms with Crippen molar-refractivity contribution in [1.82, 2.24) is 10.3 Å². The van der Waals surface area contributed by atoms with Gasteiger partial charge < -0.3 is 16.4 Å². The molecule has 0 saturated carbocycles. The lowest BCUT2D eigenvalue weighted by Crippen LogP contribution is -2.28. The number of nitrogens with zero attached hydrogens (tertiary/aromatic N) is 1. The van der Waals surface area contributed by atoms with Crippen molar-refractivity contribution in [3.05, 3.63) is 59.9 Å². The maximum Gasteiger partial charge on any atom is 0.319 e. The first-order valence-corrected chi connectivity index (χ1v) is 6.44. The number of amides is 2. The highest BCUT2D eigenvalue weighted by Gasteiger charge is 2.03. The normalized spacial score (nSPS) is 11.7. The van der Waals surface area contributed by atoms with Crippen LogP contribution in [0.2, 0.25) is 0 Å². The van der Waals surface area contributed by atoms with Gasteiger partial charge in [0.2, 0.25) is 0 Å². The zero-order valence-corrected chi connectivity index (χ0v) is 11.3. The first kappa shape index (κ1) is 14.0. The molecule has 0 aliphatic rings. The van der Waals surface area contributed by atoms with Crippen molar-refractivity contribution >= 4 is 11.7 Å². The number of anilines is 1. The molecule has 2 aromatic rings. The van der Waals surface area contributed by atoms with Crippen LogP contribution >= 0.6 is 0 Å². The van der Waals surface area contributed by atoms with Crippen LogP contribution in [0.3, 0.4) is 0 Å². The van der Waals surface area contributed by atoms with Crippen LogP contribution in [0.25, 0.3) is 0 Å². The molecule has 0 radical (unpaired) electrons. The zero-order chi connectivity index (χ0) is 14.4. The summed E-state index contributed by atoms with van der Waals surface area (Å²) in [5, 5.41) is 5.55. The molecular weight excluding hydrogens is 252 g/mol. The van der Waals surface area contributed by atoms with Gasteiger partial charge >= 0.3 is 6.03 Å². The molecule has 4 N–H and O–H groups in total. The van der Waals surface area contributed by atoms with Crippen LogP contribution in [0.1, 0.15) is 24.1 Å². The Morgan fingerprint density at radius 2 is 1.85 bits per heavy atom. The van der Waals surface area contributed by atoms with Crippen molar-refractivity contribution < 1.29 is 4.79 Å². The summed E-state index contributed by atoms with van der Waals surface area (Å²) in [6.45, 7) is 2.39. The number of hydrogen-bond acceptors (Lipinski definition) is 3. The molecule has 0 bridgehead atoms. The SMILES string of the molecule is CC(N)c1ccc(NC(=O)NCc2ccncc2)cc1. The Hall–Kier alpha value is -2.40. The molecule has 104 valence electrons. The maximum absolute atomic E-state index is 11.7. The van der Waals surface area contributed by atoms with Gasteiger partial charge in [-0.2, -0.15) is 0 Å². The van der Waals surface area contributed by atoms with Crippen LogP contribution in [0.5, 0.6) is 0 Å². The molecule has 1 aromatic carbocycles. The minimum absolute atomic E-state index is 0.00966. The number of pyridine rings is 1. The lowest BCUT2D eigenvalue weighted by molar-refractivity contribution is 0.251. The second-order valence-corrected chi connectivity index (χ2v) is 4.57. The van der Waals surface area contributed by atoms with Crippen LogP contribution in [0.4, 0.5) is 10.5 Å². The molecule has 20 heavy (non-hydrogen) atoms. The predicted octanol–water partition coefficient (Wildman–Crippen LogP) is 2.42. The number of aromatic nitrogens is 1. The minimum Gasteiger partial charge on any atom is -0.334 e. The van der Waals surface area contributed by atoms with E-state index < -0.39 is 0 Å². The largest absolute Gasteiger partial charge is 0.334 e. The lowest BCUT2D eigenvalue weighted by atomic mass is 10.1. The molecule has 1 heterocycles. The molecule has 5 nitrogen and oxygen atoms in total. The monoisotopic (exact) mass is 270 g/mol. The van der Waals surface area contributed by atoms with Gasteiger partial charge in [0.05, 0.1) is 0 Å². The highest BCUT2D eigenvalue weighted by atomic mass is 16.2. The third-order valence-electron chi connectivity index (χ3n) is 2.90. The third-order valence-corrected chi connectivity index (χ3v) is 2.90. The second kappa shape index (κ2) is 6.68. The van der Waals surface area contributed by atoms with Crippen LogP contribution in [-0.4, -0.2) is 11.0 Å². The van der Waals surface area contributed by atoms with Gasteiger partial charge in [-0.05, 0) is 42.3 Å². The van der Waals surface area contributed by atoms with Crippen molar-refractivity contribution in [2.45, 2.75) is 19.5 Å². The molecule has 1 aromatic heterocycles. The van der Waals surface area contributed by atoms with Gasteiger partial charge in [-0.3, -0.25) is 4.98 Å². The number of nitrogens with one attached hydrogen (secondary N) is 2. The molecule has 0 aliphatic heterocycles. The van der Waals surface area contributed by atoms with Crippen molar-refractivity contribution in [2.24, 2.45) is 5.73 Å². The Kier molecular flexibility index (Phi) is 4.68. The average Bonchev–Trinajstić information content (AvgIpc) is 2.47. The van der Waals surface area contributed by atoms with Crippen molar-refractivity contribution in [2.75, 3.05) is 5.32 Å². The quantitative estimate of drug-likeness (QED) is 0.798. The van der Waals surface area contributed by atoms with E-state index in [1.165, 1.54) is 0 Å². The molecular formula is C15H18N4O. The van der Waals surface area contributed by atoms with E-state index in [0.29, 0.717) is 6.54 Å². The van der Waals surface area contributed by atoms with Crippen LogP contribution in [-0.2, 0) is 6.54 Å². The van der Waals surface area contributed by atoms with Crippen LogP contribution in [0.15, 0.2) is 48.8 Å². The number of urea groups is 1. The third kappa shape index (κ3) is 4.07. The fourth-order valence-corrected chi connectivity index (χ4v) is 1.73. The van der Waals surface area contributed by atoms with Crippen LogP contribution in [0, 0.1) is 0 Å². The Bertz CT molecular complexity index is 552. The van der Waals surface area contributed by atoms with E-state index in [-0.39, 0.29) is 12.1 Å². The Balaban J connectivity index is 1.85. The fraction of sp³-hybridized carbons (Fsp3) is 0.200. The minimum atomic E-state index is -0.240. The Morgan fingerprint density at radius 1 is 1.20 bits per heavy atom. The summed E-state index contributed by atoms with van der Waals surface area (Å²) in [5.41, 5.74) is 8.55. The lowest BCUT2D eigenvalue weighted by Gasteiger charge is -2.09. The number of nitrogens with two attached hydrogens (primary N) is 1. The molecule has 1 unspecified atom stereocenters. The van der Waals surface area contributed by atoms with E-state index in [4.69, 9.17) is 5.73 Å². The molecule has 2 rings (SSSR count). The second-order valence-electron chi connectivity index (χ2n) is 4.57. The Labute approximate surface area is 118 Å². The summed E-state index contributed by atoms with van der Waals surface area (Å²) < 4.78 is 0. The fourth-order valence-electron chi connectivity index (χ4n) is 1.73. The van der Waals surface area contributed by atoms with E-state index in [1.54, 1.807) is 12.4 Å². The number of benzene rings is 1. The van der Waals surface area contributed by atoms with E-state index >= 15 is 0 Å².